The zero-order valence-corrected chi connectivity index (χ0v) is 9.33. The first kappa shape index (κ1) is 9.90. The average Bonchev–Trinajstić information content (AvgIpc) is 2.54. The lowest BCUT2D eigenvalue weighted by Crippen LogP contribution is -1.75. The molecule has 0 unspecified atom stereocenters. The topological polar surface area (TPSA) is 28.7 Å². The standard InChI is InChI=1S/C9H6Cl2N2S/c10-6-3-7(11)5-8(4-6)14-9-1-2-12-13-9/h1-5H,(H,12,13). The summed E-state index contributed by atoms with van der Waals surface area (Å²) in [6.45, 7) is 0. The van der Waals surface area contributed by atoms with E-state index in [-0.39, 0.29) is 0 Å². The molecule has 1 heterocycles. The van der Waals surface area contributed by atoms with Gasteiger partial charge in [-0.3, -0.25) is 5.10 Å². The van der Waals surface area contributed by atoms with E-state index in [1.54, 1.807) is 12.3 Å². The zero-order valence-electron chi connectivity index (χ0n) is 7.00. The molecule has 1 aromatic heterocycles. The maximum Gasteiger partial charge on any atom is 0.0955 e. The SMILES string of the molecule is Clc1cc(Cl)cc(Sc2ccn[nH]2)c1. The van der Waals surface area contributed by atoms with Gasteiger partial charge in [0, 0.05) is 21.1 Å². The van der Waals surface area contributed by atoms with Crippen LogP contribution >= 0.6 is 35.0 Å². The number of H-pyrrole nitrogens is 1. The highest BCUT2D eigenvalue weighted by molar-refractivity contribution is 7.99. The molecule has 2 aromatic rings. The Morgan fingerprint density at radius 1 is 1.14 bits per heavy atom. The molecule has 0 spiro atoms. The Kier molecular flexibility index (Phi) is 3.01. The van der Waals surface area contributed by atoms with E-state index in [0.717, 1.165) is 9.92 Å². The Morgan fingerprint density at radius 3 is 2.43 bits per heavy atom. The largest absolute Gasteiger partial charge is 0.272 e. The minimum atomic E-state index is 0.638. The summed E-state index contributed by atoms with van der Waals surface area (Å²) < 4.78 is 0. The second kappa shape index (κ2) is 4.26. The molecule has 0 saturated carbocycles. The second-order valence-electron chi connectivity index (χ2n) is 2.63. The minimum Gasteiger partial charge on any atom is -0.272 e. The highest BCUT2D eigenvalue weighted by atomic mass is 35.5. The molecular formula is C9H6Cl2N2S. The molecule has 0 radical (unpaired) electrons. The molecular weight excluding hydrogens is 239 g/mol. The highest BCUT2D eigenvalue weighted by Gasteiger charge is 2.01. The van der Waals surface area contributed by atoms with Gasteiger partial charge in [-0.1, -0.05) is 35.0 Å². The Morgan fingerprint density at radius 2 is 1.86 bits per heavy atom. The molecule has 2 rings (SSSR count). The quantitative estimate of drug-likeness (QED) is 0.869. The van der Waals surface area contributed by atoms with Gasteiger partial charge >= 0.3 is 0 Å². The molecule has 1 N–H and O–H groups in total. The summed E-state index contributed by atoms with van der Waals surface area (Å²) in [5.74, 6) is 0. The number of hydrogen-bond acceptors (Lipinski definition) is 2. The van der Waals surface area contributed by atoms with Crippen molar-refractivity contribution in [2.75, 3.05) is 0 Å². The number of halogens is 2. The van der Waals surface area contributed by atoms with E-state index in [9.17, 15) is 0 Å². The third-order valence-electron chi connectivity index (χ3n) is 1.54. The maximum absolute atomic E-state index is 5.87. The van der Waals surface area contributed by atoms with Gasteiger partial charge in [-0.15, -0.1) is 0 Å². The van der Waals surface area contributed by atoms with Crippen LogP contribution in [0, 0.1) is 0 Å². The maximum atomic E-state index is 5.87. The fourth-order valence-corrected chi connectivity index (χ4v) is 2.52. The van der Waals surface area contributed by atoms with Crippen molar-refractivity contribution in [1.82, 2.24) is 10.2 Å². The molecule has 72 valence electrons. The van der Waals surface area contributed by atoms with Crippen molar-refractivity contribution >= 4 is 35.0 Å². The van der Waals surface area contributed by atoms with Crippen LogP contribution in [0.4, 0.5) is 0 Å². The van der Waals surface area contributed by atoms with Crippen molar-refractivity contribution in [3.63, 3.8) is 0 Å². The molecule has 5 heteroatoms. The van der Waals surface area contributed by atoms with Crippen LogP contribution in [0.5, 0.6) is 0 Å². The van der Waals surface area contributed by atoms with Gasteiger partial charge in [0.15, 0.2) is 0 Å². The van der Waals surface area contributed by atoms with Crippen molar-refractivity contribution in [3.8, 4) is 0 Å². The summed E-state index contributed by atoms with van der Waals surface area (Å²) in [5, 5.41) is 8.94. The summed E-state index contributed by atoms with van der Waals surface area (Å²) in [4.78, 5) is 0.992. The van der Waals surface area contributed by atoms with Crippen molar-refractivity contribution in [2.45, 2.75) is 9.92 Å². The third kappa shape index (κ3) is 2.44. The van der Waals surface area contributed by atoms with Gasteiger partial charge in [-0.05, 0) is 24.3 Å². The predicted octanol–water partition coefficient (Wildman–Crippen LogP) is 3.87. The van der Waals surface area contributed by atoms with Gasteiger partial charge in [-0.25, -0.2) is 0 Å². The first-order valence-corrected chi connectivity index (χ1v) is 5.44. The van der Waals surface area contributed by atoms with Crippen LogP contribution < -0.4 is 0 Å². The van der Waals surface area contributed by atoms with E-state index in [1.807, 2.05) is 18.2 Å². The lowest BCUT2D eigenvalue weighted by molar-refractivity contribution is 1.00. The van der Waals surface area contributed by atoms with Crippen LogP contribution in [0.2, 0.25) is 10.0 Å². The van der Waals surface area contributed by atoms with Crippen molar-refractivity contribution in [3.05, 3.63) is 40.5 Å². The Balaban J connectivity index is 2.25. The zero-order chi connectivity index (χ0) is 9.97. The monoisotopic (exact) mass is 244 g/mol. The van der Waals surface area contributed by atoms with Crippen LogP contribution in [0.15, 0.2) is 40.4 Å². The molecule has 0 bridgehead atoms. The smallest absolute Gasteiger partial charge is 0.0955 e. The van der Waals surface area contributed by atoms with Gasteiger partial charge in [0.05, 0.1) is 5.03 Å². The summed E-state index contributed by atoms with van der Waals surface area (Å²) in [6.07, 6.45) is 1.70. The number of nitrogens with one attached hydrogen (secondary N) is 1. The fraction of sp³-hybridized carbons (Fsp3) is 0. The molecule has 0 amide bonds. The van der Waals surface area contributed by atoms with Gasteiger partial charge in [0.1, 0.15) is 0 Å². The first-order chi connectivity index (χ1) is 6.74. The number of benzene rings is 1. The molecule has 0 aliphatic carbocycles. The summed E-state index contributed by atoms with van der Waals surface area (Å²) in [7, 11) is 0. The number of rotatable bonds is 2. The van der Waals surface area contributed by atoms with Crippen LogP contribution in [0.25, 0.3) is 0 Å². The minimum absolute atomic E-state index is 0.638. The van der Waals surface area contributed by atoms with Gasteiger partial charge in [0.2, 0.25) is 0 Å². The van der Waals surface area contributed by atoms with Gasteiger partial charge < -0.3 is 0 Å². The van der Waals surface area contributed by atoms with E-state index < -0.39 is 0 Å². The van der Waals surface area contributed by atoms with Gasteiger partial charge in [0.25, 0.3) is 0 Å². The van der Waals surface area contributed by atoms with Gasteiger partial charge in [-0.2, -0.15) is 5.10 Å². The molecule has 14 heavy (non-hydrogen) atoms. The summed E-state index contributed by atoms with van der Waals surface area (Å²) >= 11 is 13.3. The fourth-order valence-electron chi connectivity index (χ4n) is 1.01. The second-order valence-corrected chi connectivity index (χ2v) is 4.62. The number of hydrogen-bond donors (Lipinski definition) is 1. The van der Waals surface area contributed by atoms with Crippen molar-refractivity contribution < 1.29 is 0 Å². The van der Waals surface area contributed by atoms with Crippen molar-refractivity contribution in [2.24, 2.45) is 0 Å². The summed E-state index contributed by atoms with van der Waals surface area (Å²) in [6, 6.07) is 7.32. The summed E-state index contributed by atoms with van der Waals surface area (Å²) in [5.41, 5.74) is 0. The molecule has 1 aromatic carbocycles. The Bertz CT molecular complexity index is 408. The number of aromatic amines is 1. The number of nitrogens with zero attached hydrogens (tertiary/aromatic N) is 1. The van der Waals surface area contributed by atoms with Crippen LogP contribution in [0.3, 0.4) is 0 Å². The van der Waals surface area contributed by atoms with Crippen LogP contribution in [-0.2, 0) is 0 Å². The highest BCUT2D eigenvalue weighted by Crippen LogP contribution is 2.30. The van der Waals surface area contributed by atoms with Crippen LogP contribution in [0.1, 0.15) is 0 Å². The number of aromatic nitrogens is 2. The molecule has 0 atom stereocenters. The van der Waals surface area contributed by atoms with E-state index in [4.69, 9.17) is 23.2 Å². The predicted molar refractivity (Wildman–Crippen MR) is 59.2 cm³/mol. The Labute approximate surface area is 95.6 Å². The molecule has 0 fully saturated rings. The lowest BCUT2D eigenvalue weighted by atomic mass is 10.4. The lowest BCUT2D eigenvalue weighted by Gasteiger charge is -2.00. The first-order valence-electron chi connectivity index (χ1n) is 3.87. The molecule has 0 aliphatic heterocycles. The normalized spacial score (nSPS) is 10.4. The average molecular weight is 245 g/mol. The molecule has 0 aliphatic rings. The third-order valence-corrected chi connectivity index (χ3v) is 2.89. The van der Waals surface area contributed by atoms with E-state index >= 15 is 0 Å². The van der Waals surface area contributed by atoms with E-state index in [2.05, 4.69) is 10.2 Å². The molecule has 0 saturated heterocycles. The Hall–Kier alpha value is -0.640. The van der Waals surface area contributed by atoms with Crippen LogP contribution in [-0.4, -0.2) is 10.2 Å². The van der Waals surface area contributed by atoms with E-state index in [1.165, 1.54) is 11.8 Å². The molecule has 2 nitrogen and oxygen atoms in total. The van der Waals surface area contributed by atoms with E-state index in [0.29, 0.717) is 10.0 Å². The van der Waals surface area contributed by atoms with Crippen molar-refractivity contribution in [1.29, 1.82) is 0 Å².